The number of hydrogen-bond donors (Lipinski definition) is 1. The first-order chi connectivity index (χ1) is 14.2. The van der Waals surface area contributed by atoms with Gasteiger partial charge in [-0.15, -0.1) is 0 Å². The first-order valence-corrected chi connectivity index (χ1v) is 11.0. The molecule has 0 bridgehead atoms. The number of nitrogens with one attached hydrogen (secondary N) is 1. The Morgan fingerprint density at radius 3 is 2.59 bits per heavy atom. The lowest BCUT2D eigenvalue weighted by Crippen LogP contribution is -2.28. The number of carbonyl (C=O) groups is 1. The van der Waals surface area contributed by atoms with E-state index in [-0.39, 0.29) is 5.91 Å². The third-order valence-corrected chi connectivity index (χ3v) is 5.42. The molecule has 1 N–H and O–H groups in total. The Morgan fingerprint density at radius 1 is 1.03 bits per heavy atom. The van der Waals surface area contributed by atoms with Crippen molar-refractivity contribution in [2.24, 2.45) is 0 Å². The minimum atomic E-state index is 0.0227. The number of aryl methyl sites for hydroxylation is 1. The van der Waals surface area contributed by atoms with Crippen LogP contribution < -0.4 is 5.32 Å². The van der Waals surface area contributed by atoms with E-state index in [1.165, 1.54) is 31.2 Å². The summed E-state index contributed by atoms with van der Waals surface area (Å²) in [7, 11) is 0. The van der Waals surface area contributed by atoms with Crippen LogP contribution >= 0.6 is 11.6 Å². The SMILES string of the molecule is CCCCCCCn1c(CCNC(=O)Cc2ccc(Cl)cc2)nc2ccccc21. The zero-order chi connectivity index (χ0) is 20.5. The Bertz CT molecular complexity index is 918. The number of rotatable bonds is 11. The van der Waals surface area contributed by atoms with Gasteiger partial charge in [-0.1, -0.05) is 68.5 Å². The summed E-state index contributed by atoms with van der Waals surface area (Å²) in [6.07, 6.45) is 7.36. The first kappa shape index (κ1) is 21.4. The Kier molecular flexibility index (Phi) is 8.12. The lowest BCUT2D eigenvalue weighted by Gasteiger charge is -2.10. The molecule has 29 heavy (non-hydrogen) atoms. The van der Waals surface area contributed by atoms with Crippen molar-refractivity contribution < 1.29 is 4.79 Å². The fraction of sp³-hybridized carbons (Fsp3) is 0.417. The van der Waals surface area contributed by atoms with Gasteiger partial charge in [0, 0.05) is 24.5 Å². The van der Waals surface area contributed by atoms with Gasteiger partial charge in [0.2, 0.25) is 5.91 Å². The quantitative estimate of drug-likeness (QED) is 0.420. The molecule has 3 rings (SSSR count). The predicted octanol–water partition coefficient (Wildman–Crippen LogP) is 5.56. The van der Waals surface area contributed by atoms with Crippen molar-refractivity contribution in [3.63, 3.8) is 0 Å². The van der Waals surface area contributed by atoms with Gasteiger partial charge >= 0.3 is 0 Å². The molecule has 0 fully saturated rings. The number of carbonyl (C=O) groups excluding carboxylic acids is 1. The van der Waals surface area contributed by atoms with Crippen LogP contribution in [-0.4, -0.2) is 22.0 Å². The van der Waals surface area contributed by atoms with Gasteiger partial charge in [0.05, 0.1) is 17.5 Å². The monoisotopic (exact) mass is 411 g/mol. The molecule has 5 heteroatoms. The second-order valence-corrected chi connectivity index (χ2v) is 7.92. The highest BCUT2D eigenvalue weighted by Crippen LogP contribution is 2.18. The van der Waals surface area contributed by atoms with Gasteiger partial charge in [-0.05, 0) is 36.2 Å². The van der Waals surface area contributed by atoms with Crippen LogP contribution in [0.5, 0.6) is 0 Å². The number of halogens is 1. The van der Waals surface area contributed by atoms with Gasteiger partial charge in [-0.25, -0.2) is 4.98 Å². The van der Waals surface area contributed by atoms with Crippen LogP contribution in [0, 0.1) is 0 Å². The number of imidazole rings is 1. The average Bonchev–Trinajstić information content (AvgIpc) is 3.07. The van der Waals surface area contributed by atoms with Gasteiger partial charge in [-0.3, -0.25) is 4.79 Å². The van der Waals surface area contributed by atoms with E-state index in [2.05, 4.69) is 35.0 Å². The van der Waals surface area contributed by atoms with E-state index < -0.39 is 0 Å². The summed E-state index contributed by atoms with van der Waals surface area (Å²) < 4.78 is 2.33. The number of hydrogen-bond acceptors (Lipinski definition) is 2. The molecule has 4 nitrogen and oxygen atoms in total. The lowest BCUT2D eigenvalue weighted by molar-refractivity contribution is -0.120. The van der Waals surface area contributed by atoms with Gasteiger partial charge in [0.1, 0.15) is 5.82 Å². The Labute approximate surface area is 178 Å². The molecule has 0 spiro atoms. The minimum Gasteiger partial charge on any atom is -0.355 e. The second kappa shape index (κ2) is 11.0. The van der Waals surface area contributed by atoms with E-state index in [0.717, 1.165) is 36.3 Å². The summed E-state index contributed by atoms with van der Waals surface area (Å²) >= 11 is 5.90. The highest BCUT2D eigenvalue weighted by molar-refractivity contribution is 6.30. The number of para-hydroxylation sites is 2. The summed E-state index contributed by atoms with van der Waals surface area (Å²) in [5.41, 5.74) is 3.18. The number of unbranched alkanes of at least 4 members (excludes halogenated alkanes) is 4. The molecule has 0 saturated carbocycles. The second-order valence-electron chi connectivity index (χ2n) is 7.49. The van der Waals surface area contributed by atoms with E-state index in [4.69, 9.17) is 16.6 Å². The van der Waals surface area contributed by atoms with Crippen molar-refractivity contribution >= 4 is 28.5 Å². The highest BCUT2D eigenvalue weighted by atomic mass is 35.5. The fourth-order valence-electron chi connectivity index (χ4n) is 3.60. The maximum atomic E-state index is 12.2. The van der Waals surface area contributed by atoms with E-state index in [0.29, 0.717) is 18.0 Å². The fourth-order valence-corrected chi connectivity index (χ4v) is 3.73. The van der Waals surface area contributed by atoms with Gasteiger partial charge in [0.15, 0.2) is 0 Å². The van der Waals surface area contributed by atoms with E-state index in [1.54, 1.807) is 0 Å². The zero-order valence-corrected chi connectivity index (χ0v) is 17.9. The molecular weight excluding hydrogens is 382 g/mol. The molecule has 1 amide bonds. The number of fused-ring (bicyclic) bond motifs is 1. The number of benzene rings is 2. The van der Waals surface area contributed by atoms with Crippen molar-refractivity contribution in [2.45, 2.75) is 58.4 Å². The van der Waals surface area contributed by atoms with Gasteiger partial charge in [-0.2, -0.15) is 0 Å². The maximum Gasteiger partial charge on any atom is 0.224 e. The van der Waals surface area contributed by atoms with Crippen LogP contribution in [0.4, 0.5) is 0 Å². The largest absolute Gasteiger partial charge is 0.355 e. The third kappa shape index (κ3) is 6.33. The molecule has 0 atom stereocenters. The van der Waals surface area contributed by atoms with Crippen LogP contribution in [-0.2, 0) is 24.2 Å². The van der Waals surface area contributed by atoms with Gasteiger partial charge < -0.3 is 9.88 Å². The van der Waals surface area contributed by atoms with Crippen molar-refractivity contribution in [1.82, 2.24) is 14.9 Å². The van der Waals surface area contributed by atoms with Crippen LogP contribution in [0.25, 0.3) is 11.0 Å². The average molecular weight is 412 g/mol. The van der Waals surface area contributed by atoms with E-state index in [1.807, 2.05) is 30.3 Å². The lowest BCUT2D eigenvalue weighted by atomic mass is 10.1. The predicted molar refractivity (Wildman–Crippen MR) is 120 cm³/mol. The summed E-state index contributed by atoms with van der Waals surface area (Å²) in [6, 6.07) is 15.7. The molecule has 3 aromatic rings. The first-order valence-electron chi connectivity index (χ1n) is 10.6. The molecule has 2 aromatic carbocycles. The Hall–Kier alpha value is -2.33. The zero-order valence-electron chi connectivity index (χ0n) is 17.2. The van der Waals surface area contributed by atoms with Crippen molar-refractivity contribution in [2.75, 3.05) is 6.54 Å². The molecule has 0 saturated heterocycles. The molecule has 154 valence electrons. The normalized spacial score (nSPS) is 11.1. The van der Waals surface area contributed by atoms with E-state index >= 15 is 0 Å². The number of nitrogens with zero attached hydrogens (tertiary/aromatic N) is 2. The summed E-state index contributed by atoms with van der Waals surface area (Å²) in [5.74, 6) is 1.07. The molecular formula is C24H30ClN3O. The molecule has 1 aromatic heterocycles. The molecule has 1 heterocycles. The molecule has 0 aliphatic heterocycles. The summed E-state index contributed by atoms with van der Waals surface area (Å²) in [4.78, 5) is 17.1. The molecule has 0 aliphatic rings. The van der Waals surface area contributed by atoms with Crippen LogP contribution in [0.1, 0.15) is 50.4 Å². The standard InChI is InChI=1S/C24H30ClN3O/c1-2-3-4-5-8-17-28-22-10-7-6-9-21(22)27-23(28)15-16-26-24(29)18-19-11-13-20(25)14-12-19/h6-7,9-14H,2-5,8,15-18H2,1H3,(H,26,29). The van der Waals surface area contributed by atoms with Crippen LogP contribution in [0.15, 0.2) is 48.5 Å². The Morgan fingerprint density at radius 2 is 1.79 bits per heavy atom. The topological polar surface area (TPSA) is 46.9 Å². The third-order valence-electron chi connectivity index (χ3n) is 5.17. The molecule has 0 aliphatic carbocycles. The van der Waals surface area contributed by atoms with Crippen molar-refractivity contribution in [1.29, 1.82) is 0 Å². The highest BCUT2D eigenvalue weighted by Gasteiger charge is 2.11. The number of amides is 1. The minimum absolute atomic E-state index is 0.0227. The summed E-state index contributed by atoms with van der Waals surface area (Å²) in [6.45, 7) is 3.81. The van der Waals surface area contributed by atoms with E-state index in [9.17, 15) is 4.79 Å². The molecule has 0 radical (unpaired) electrons. The molecule has 0 unspecified atom stereocenters. The van der Waals surface area contributed by atoms with Crippen LogP contribution in [0.3, 0.4) is 0 Å². The maximum absolute atomic E-state index is 12.2. The summed E-state index contributed by atoms with van der Waals surface area (Å²) in [5, 5.41) is 3.71. The van der Waals surface area contributed by atoms with Crippen molar-refractivity contribution in [3.8, 4) is 0 Å². The van der Waals surface area contributed by atoms with Gasteiger partial charge in [0.25, 0.3) is 0 Å². The van der Waals surface area contributed by atoms with Crippen LogP contribution in [0.2, 0.25) is 5.02 Å². The Balaban J connectivity index is 1.56. The van der Waals surface area contributed by atoms with Crippen molar-refractivity contribution in [3.05, 3.63) is 64.9 Å². The number of aromatic nitrogens is 2. The smallest absolute Gasteiger partial charge is 0.224 e.